The maximum absolute atomic E-state index is 10.2. The molecule has 1 aromatic carbocycles. The fraction of sp³-hybridized carbons (Fsp3) is 0.625. The van der Waals surface area contributed by atoms with E-state index in [2.05, 4.69) is 32.0 Å². The highest BCUT2D eigenvalue weighted by molar-refractivity contribution is 5.33. The van der Waals surface area contributed by atoms with E-state index >= 15 is 0 Å². The Morgan fingerprint density at radius 1 is 1.18 bits per heavy atom. The number of benzene rings is 1. The highest BCUT2D eigenvalue weighted by Gasteiger charge is 2.22. The molecule has 1 aliphatic rings. The van der Waals surface area contributed by atoms with Gasteiger partial charge < -0.3 is 5.11 Å². The van der Waals surface area contributed by atoms with Gasteiger partial charge in [-0.1, -0.05) is 31.0 Å². The van der Waals surface area contributed by atoms with Crippen LogP contribution in [0.3, 0.4) is 0 Å². The third-order valence-corrected chi connectivity index (χ3v) is 4.28. The Kier molecular flexibility index (Phi) is 4.22. The number of aliphatic hydroxyl groups is 1. The van der Waals surface area contributed by atoms with Crippen LogP contribution < -0.4 is 0 Å². The standard InChI is InChI=1S/C16H24O/c1-12-6-5-7-13(2)15(12)10-11-16(17)14-8-3-4-9-14/h5-7,14,16-17H,3-4,8-11H2,1-2H3. The number of hydrogen-bond acceptors (Lipinski definition) is 1. The van der Waals surface area contributed by atoms with Gasteiger partial charge in [-0.15, -0.1) is 0 Å². The zero-order valence-electron chi connectivity index (χ0n) is 11.1. The zero-order valence-corrected chi connectivity index (χ0v) is 11.1. The molecule has 94 valence electrons. The lowest BCUT2D eigenvalue weighted by atomic mass is 9.92. The van der Waals surface area contributed by atoms with Gasteiger partial charge in [-0.2, -0.15) is 0 Å². The zero-order chi connectivity index (χ0) is 12.3. The van der Waals surface area contributed by atoms with Crippen LogP contribution in [0.25, 0.3) is 0 Å². The van der Waals surface area contributed by atoms with Gasteiger partial charge in [0.15, 0.2) is 0 Å². The van der Waals surface area contributed by atoms with Gasteiger partial charge in [-0.05, 0) is 62.1 Å². The molecular weight excluding hydrogens is 208 g/mol. The largest absolute Gasteiger partial charge is 0.393 e. The van der Waals surface area contributed by atoms with Gasteiger partial charge in [0.2, 0.25) is 0 Å². The highest BCUT2D eigenvalue weighted by Crippen LogP contribution is 2.30. The molecule has 1 aliphatic carbocycles. The third-order valence-electron chi connectivity index (χ3n) is 4.28. The molecule has 0 aromatic heterocycles. The molecule has 0 radical (unpaired) electrons. The molecule has 0 spiro atoms. The van der Waals surface area contributed by atoms with Crippen LogP contribution in [0.2, 0.25) is 0 Å². The first-order valence-corrected chi connectivity index (χ1v) is 6.91. The second-order valence-corrected chi connectivity index (χ2v) is 5.52. The molecular formula is C16H24O. The molecule has 0 heterocycles. The van der Waals surface area contributed by atoms with Gasteiger partial charge in [0, 0.05) is 0 Å². The predicted molar refractivity (Wildman–Crippen MR) is 72.2 cm³/mol. The summed E-state index contributed by atoms with van der Waals surface area (Å²) in [6.45, 7) is 4.34. The molecule has 1 fully saturated rings. The van der Waals surface area contributed by atoms with E-state index in [1.165, 1.54) is 42.4 Å². The highest BCUT2D eigenvalue weighted by atomic mass is 16.3. The van der Waals surface area contributed by atoms with Crippen molar-refractivity contribution in [3.05, 3.63) is 34.9 Å². The van der Waals surface area contributed by atoms with Crippen molar-refractivity contribution in [2.24, 2.45) is 5.92 Å². The smallest absolute Gasteiger partial charge is 0.0571 e. The van der Waals surface area contributed by atoms with E-state index in [4.69, 9.17) is 0 Å². The summed E-state index contributed by atoms with van der Waals surface area (Å²) in [6.07, 6.45) is 6.95. The monoisotopic (exact) mass is 232 g/mol. The van der Waals surface area contributed by atoms with Crippen LogP contribution in [-0.2, 0) is 6.42 Å². The van der Waals surface area contributed by atoms with Crippen LogP contribution in [0.1, 0.15) is 48.8 Å². The fourth-order valence-corrected chi connectivity index (χ4v) is 3.11. The lowest BCUT2D eigenvalue weighted by molar-refractivity contribution is 0.102. The van der Waals surface area contributed by atoms with Crippen molar-refractivity contribution in [3.8, 4) is 0 Å². The van der Waals surface area contributed by atoms with Crippen LogP contribution in [0.5, 0.6) is 0 Å². The molecule has 0 amide bonds. The summed E-state index contributed by atoms with van der Waals surface area (Å²) < 4.78 is 0. The van der Waals surface area contributed by atoms with E-state index in [9.17, 15) is 5.11 Å². The second-order valence-electron chi connectivity index (χ2n) is 5.52. The third kappa shape index (κ3) is 3.10. The van der Waals surface area contributed by atoms with Gasteiger partial charge in [-0.3, -0.25) is 0 Å². The van der Waals surface area contributed by atoms with Crippen molar-refractivity contribution in [2.75, 3.05) is 0 Å². The molecule has 1 atom stereocenters. The van der Waals surface area contributed by atoms with Crippen LogP contribution in [0.15, 0.2) is 18.2 Å². The number of aliphatic hydroxyl groups excluding tert-OH is 1. The normalized spacial score (nSPS) is 18.5. The Morgan fingerprint density at radius 3 is 2.35 bits per heavy atom. The number of aryl methyl sites for hydroxylation is 2. The van der Waals surface area contributed by atoms with Gasteiger partial charge in [0.1, 0.15) is 0 Å². The Bertz CT molecular complexity index is 344. The summed E-state index contributed by atoms with van der Waals surface area (Å²) in [5, 5.41) is 10.2. The predicted octanol–water partition coefficient (Wildman–Crippen LogP) is 3.79. The van der Waals surface area contributed by atoms with E-state index in [0.29, 0.717) is 5.92 Å². The maximum Gasteiger partial charge on any atom is 0.0571 e. The molecule has 0 bridgehead atoms. The Labute approximate surface area is 105 Å². The van der Waals surface area contributed by atoms with Gasteiger partial charge >= 0.3 is 0 Å². The van der Waals surface area contributed by atoms with Crippen LogP contribution in [-0.4, -0.2) is 11.2 Å². The number of hydrogen-bond donors (Lipinski definition) is 1. The Morgan fingerprint density at radius 2 is 1.76 bits per heavy atom. The van der Waals surface area contributed by atoms with Crippen LogP contribution >= 0.6 is 0 Å². The van der Waals surface area contributed by atoms with Crippen molar-refractivity contribution >= 4 is 0 Å². The quantitative estimate of drug-likeness (QED) is 0.837. The summed E-state index contributed by atoms with van der Waals surface area (Å²) in [7, 11) is 0. The van der Waals surface area contributed by atoms with Crippen molar-refractivity contribution in [1.29, 1.82) is 0 Å². The van der Waals surface area contributed by atoms with Crippen molar-refractivity contribution in [1.82, 2.24) is 0 Å². The molecule has 2 rings (SSSR count). The van der Waals surface area contributed by atoms with Crippen molar-refractivity contribution < 1.29 is 5.11 Å². The topological polar surface area (TPSA) is 20.2 Å². The Balaban J connectivity index is 1.92. The first-order valence-electron chi connectivity index (χ1n) is 6.91. The first-order chi connectivity index (χ1) is 8.18. The summed E-state index contributed by atoms with van der Waals surface area (Å²) in [5.41, 5.74) is 4.16. The molecule has 1 nitrogen and oxygen atoms in total. The summed E-state index contributed by atoms with van der Waals surface area (Å²) in [6, 6.07) is 6.45. The van der Waals surface area contributed by atoms with E-state index in [1.54, 1.807) is 0 Å². The SMILES string of the molecule is Cc1cccc(C)c1CCC(O)C1CCCC1. The van der Waals surface area contributed by atoms with E-state index in [1.807, 2.05) is 0 Å². The summed E-state index contributed by atoms with van der Waals surface area (Å²) in [5.74, 6) is 0.569. The Hall–Kier alpha value is -0.820. The molecule has 17 heavy (non-hydrogen) atoms. The van der Waals surface area contributed by atoms with Crippen molar-refractivity contribution in [2.45, 2.75) is 58.5 Å². The molecule has 1 unspecified atom stereocenters. The average Bonchev–Trinajstić information content (AvgIpc) is 2.81. The fourth-order valence-electron chi connectivity index (χ4n) is 3.11. The maximum atomic E-state index is 10.2. The van der Waals surface area contributed by atoms with Gasteiger partial charge in [0.05, 0.1) is 6.10 Å². The number of rotatable bonds is 4. The molecule has 1 aromatic rings. The summed E-state index contributed by atoms with van der Waals surface area (Å²) >= 11 is 0. The minimum atomic E-state index is -0.0866. The first kappa shape index (κ1) is 12.6. The minimum Gasteiger partial charge on any atom is -0.393 e. The van der Waals surface area contributed by atoms with E-state index in [0.717, 1.165) is 12.8 Å². The lowest BCUT2D eigenvalue weighted by Gasteiger charge is -2.18. The molecule has 1 N–H and O–H groups in total. The van der Waals surface area contributed by atoms with Crippen molar-refractivity contribution in [3.63, 3.8) is 0 Å². The minimum absolute atomic E-state index is 0.0866. The van der Waals surface area contributed by atoms with E-state index < -0.39 is 0 Å². The van der Waals surface area contributed by atoms with Crippen LogP contribution in [0, 0.1) is 19.8 Å². The second kappa shape index (κ2) is 5.68. The van der Waals surface area contributed by atoms with Crippen LogP contribution in [0.4, 0.5) is 0 Å². The summed E-state index contributed by atoms with van der Waals surface area (Å²) in [4.78, 5) is 0. The molecule has 0 saturated heterocycles. The lowest BCUT2D eigenvalue weighted by Crippen LogP contribution is -2.18. The molecule has 1 heteroatoms. The van der Waals surface area contributed by atoms with E-state index in [-0.39, 0.29) is 6.10 Å². The van der Waals surface area contributed by atoms with Gasteiger partial charge in [-0.25, -0.2) is 0 Å². The van der Waals surface area contributed by atoms with Gasteiger partial charge in [0.25, 0.3) is 0 Å². The molecule has 1 saturated carbocycles. The average molecular weight is 232 g/mol. The molecule has 0 aliphatic heterocycles.